The Bertz CT molecular complexity index is 195. The summed E-state index contributed by atoms with van der Waals surface area (Å²) in [5.74, 6) is 0. The van der Waals surface area contributed by atoms with Crippen molar-refractivity contribution >= 4 is 17.3 Å². The number of aliphatic hydroxyl groups is 1. The number of thiocarbonyl (C=S) groups is 1. The zero-order valence-corrected chi connectivity index (χ0v) is 13.5. The van der Waals surface area contributed by atoms with Gasteiger partial charge < -0.3 is 9.84 Å². The molecule has 0 saturated heterocycles. The normalized spacial score (nSPS) is 10.6. The van der Waals surface area contributed by atoms with Crippen LogP contribution >= 0.6 is 12.2 Å². The highest BCUT2D eigenvalue weighted by Gasteiger charge is 1.96. The zero-order chi connectivity index (χ0) is 14.2. The van der Waals surface area contributed by atoms with Gasteiger partial charge in [0.15, 0.2) is 5.05 Å². The van der Waals surface area contributed by atoms with Gasteiger partial charge in [0.05, 0.1) is 13.2 Å². The average Bonchev–Trinajstić information content (AvgIpc) is 2.40. The maximum absolute atomic E-state index is 8.66. The summed E-state index contributed by atoms with van der Waals surface area (Å²) in [7, 11) is 0. The highest BCUT2D eigenvalue weighted by Crippen LogP contribution is 2.11. The summed E-state index contributed by atoms with van der Waals surface area (Å²) in [6, 6.07) is 0. The van der Waals surface area contributed by atoms with Crippen molar-refractivity contribution in [3.8, 4) is 0 Å². The molecule has 0 rings (SSSR count). The quantitative estimate of drug-likeness (QED) is 0.359. The molecule has 0 radical (unpaired) electrons. The number of aliphatic hydroxyl groups excluding tert-OH is 1. The van der Waals surface area contributed by atoms with Gasteiger partial charge in [-0.25, -0.2) is 0 Å². The van der Waals surface area contributed by atoms with Crippen molar-refractivity contribution in [3.63, 3.8) is 0 Å². The number of ether oxygens (including phenoxy) is 1. The van der Waals surface area contributed by atoms with Gasteiger partial charge in [0.1, 0.15) is 0 Å². The molecule has 1 N–H and O–H groups in total. The Labute approximate surface area is 124 Å². The van der Waals surface area contributed by atoms with Crippen LogP contribution in [-0.2, 0) is 4.74 Å². The van der Waals surface area contributed by atoms with E-state index in [4.69, 9.17) is 22.1 Å². The van der Waals surface area contributed by atoms with Crippen LogP contribution in [-0.4, -0.2) is 23.4 Å². The second-order valence-corrected chi connectivity index (χ2v) is 5.68. The summed E-state index contributed by atoms with van der Waals surface area (Å²) in [4.78, 5) is 0. The molecule has 0 amide bonds. The van der Waals surface area contributed by atoms with E-state index < -0.39 is 0 Å². The van der Waals surface area contributed by atoms with E-state index in [9.17, 15) is 0 Å². The molecule has 19 heavy (non-hydrogen) atoms. The van der Waals surface area contributed by atoms with Gasteiger partial charge in [-0.1, -0.05) is 71.1 Å². The molecule has 0 heterocycles. The molecule has 0 aromatic heterocycles. The van der Waals surface area contributed by atoms with Crippen molar-refractivity contribution in [2.24, 2.45) is 0 Å². The Morgan fingerprint density at radius 3 is 1.79 bits per heavy atom. The lowest BCUT2D eigenvalue weighted by Crippen LogP contribution is -2.05. The Morgan fingerprint density at radius 1 is 0.842 bits per heavy atom. The van der Waals surface area contributed by atoms with Gasteiger partial charge in [0.25, 0.3) is 0 Å². The molecule has 0 aliphatic carbocycles. The van der Waals surface area contributed by atoms with Crippen LogP contribution in [0.2, 0.25) is 0 Å². The SMILES string of the molecule is CCCCCCCCCCCCCOC(=S)CCO. The molecule has 114 valence electrons. The highest BCUT2D eigenvalue weighted by atomic mass is 32.1. The van der Waals surface area contributed by atoms with E-state index in [1.807, 2.05) is 0 Å². The van der Waals surface area contributed by atoms with E-state index in [0.717, 1.165) is 13.0 Å². The molecule has 3 heteroatoms. The molecule has 0 fully saturated rings. The van der Waals surface area contributed by atoms with Crippen LogP contribution in [0, 0.1) is 0 Å². The highest BCUT2D eigenvalue weighted by molar-refractivity contribution is 7.80. The van der Waals surface area contributed by atoms with Gasteiger partial charge in [-0.05, 0) is 18.6 Å². The van der Waals surface area contributed by atoms with Crippen molar-refractivity contribution in [2.75, 3.05) is 13.2 Å². The first-order chi connectivity index (χ1) is 9.31. The molecule has 0 aromatic carbocycles. The van der Waals surface area contributed by atoms with E-state index >= 15 is 0 Å². The minimum absolute atomic E-state index is 0.0943. The Morgan fingerprint density at radius 2 is 1.32 bits per heavy atom. The molecule has 0 aromatic rings. The third-order valence-corrected chi connectivity index (χ3v) is 3.65. The van der Waals surface area contributed by atoms with Crippen molar-refractivity contribution in [2.45, 2.75) is 84.0 Å². The Hall–Kier alpha value is -0.150. The molecule has 0 spiro atoms. The van der Waals surface area contributed by atoms with Crippen LogP contribution in [0.25, 0.3) is 0 Å². The molecule has 0 atom stereocenters. The molecule has 0 aliphatic rings. The summed E-state index contributed by atoms with van der Waals surface area (Å²) in [5, 5.41) is 9.21. The van der Waals surface area contributed by atoms with Crippen LogP contribution in [0.1, 0.15) is 84.0 Å². The predicted molar refractivity (Wildman–Crippen MR) is 86.7 cm³/mol. The fourth-order valence-electron chi connectivity index (χ4n) is 2.12. The number of hydrogen-bond acceptors (Lipinski definition) is 3. The van der Waals surface area contributed by atoms with Crippen molar-refractivity contribution in [1.82, 2.24) is 0 Å². The van der Waals surface area contributed by atoms with Gasteiger partial charge in [-0.15, -0.1) is 0 Å². The molecule has 2 nitrogen and oxygen atoms in total. The Kier molecular flexibility index (Phi) is 15.8. The first-order valence-corrected chi connectivity index (χ1v) is 8.48. The van der Waals surface area contributed by atoms with E-state index in [1.54, 1.807) is 0 Å². The minimum Gasteiger partial charge on any atom is -0.487 e. The van der Waals surface area contributed by atoms with Crippen LogP contribution in [0.3, 0.4) is 0 Å². The van der Waals surface area contributed by atoms with Gasteiger partial charge in [0.2, 0.25) is 0 Å². The zero-order valence-electron chi connectivity index (χ0n) is 12.7. The number of rotatable bonds is 14. The molecule has 0 bridgehead atoms. The maximum Gasteiger partial charge on any atom is 0.161 e. The summed E-state index contributed by atoms with van der Waals surface area (Å²) >= 11 is 4.95. The summed E-state index contributed by atoms with van der Waals surface area (Å²) < 4.78 is 5.34. The topological polar surface area (TPSA) is 29.5 Å². The summed E-state index contributed by atoms with van der Waals surface area (Å²) in [6.07, 6.45) is 15.3. The van der Waals surface area contributed by atoms with Crippen molar-refractivity contribution < 1.29 is 9.84 Å². The minimum atomic E-state index is 0.0943. The lowest BCUT2D eigenvalue weighted by Gasteiger charge is -2.06. The van der Waals surface area contributed by atoms with Gasteiger partial charge >= 0.3 is 0 Å². The fourth-order valence-corrected chi connectivity index (χ4v) is 2.29. The van der Waals surface area contributed by atoms with E-state index in [-0.39, 0.29) is 6.61 Å². The smallest absolute Gasteiger partial charge is 0.161 e. The molecular formula is C16H32O2S. The average molecular weight is 288 g/mol. The summed E-state index contributed by atoms with van der Waals surface area (Å²) in [6.45, 7) is 3.08. The van der Waals surface area contributed by atoms with Gasteiger partial charge in [-0.3, -0.25) is 0 Å². The van der Waals surface area contributed by atoms with Crippen LogP contribution in [0.4, 0.5) is 0 Å². The number of hydrogen-bond donors (Lipinski definition) is 1. The Balaban J connectivity index is 3.01. The van der Waals surface area contributed by atoms with Crippen molar-refractivity contribution in [1.29, 1.82) is 0 Å². The fraction of sp³-hybridized carbons (Fsp3) is 0.938. The van der Waals surface area contributed by atoms with E-state index in [1.165, 1.54) is 64.2 Å². The van der Waals surface area contributed by atoms with Crippen LogP contribution in [0.5, 0.6) is 0 Å². The van der Waals surface area contributed by atoms with Gasteiger partial charge in [0, 0.05) is 6.42 Å². The standard InChI is InChI=1S/C16H32O2S/c1-2-3-4-5-6-7-8-9-10-11-12-15-18-16(19)13-14-17/h17H,2-15H2,1H3. The monoisotopic (exact) mass is 288 g/mol. The molecule has 0 saturated carbocycles. The molecular weight excluding hydrogens is 256 g/mol. The lowest BCUT2D eigenvalue weighted by molar-refractivity contribution is 0.264. The molecule has 0 aliphatic heterocycles. The van der Waals surface area contributed by atoms with Crippen LogP contribution in [0.15, 0.2) is 0 Å². The second kappa shape index (κ2) is 15.9. The third-order valence-electron chi connectivity index (χ3n) is 3.33. The van der Waals surface area contributed by atoms with Gasteiger partial charge in [-0.2, -0.15) is 0 Å². The predicted octanol–water partition coefficient (Wildman–Crippen LogP) is 5.02. The summed E-state index contributed by atoms with van der Waals surface area (Å²) in [5.41, 5.74) is 0. The first kappa shape index (κ1) is 18.9. The van der Waals surface area contributed by atoms with Crippen LogP contribution < -0.4 is 0 Å². The number of unbranched alkanes of at least 4 members (excludes halogenated alkanes) is 10. The van der Waals surface area contributed by atoms with E-state index in [0.29, 0.717) is 11.5 Å². The third kappa shape index (κ3) is 15.8. The molecule has 0 unspecified atom stereocenters. The van der Waals surface area contributed by atoms with Crippen molar-refractivity contribution in [3.05, 3.63) is 0 Å². The largest absolute Gasteiger partial charge is 0.487 e. The maximum atomic E-state index is 8.66. The first-order valence-electron chi connectivity index (χ1n) is 8.07. The lowest BCUT2D eigenvalue weighted by atomic mass is 10.1. The van der Waals surface area contributed by atoms with E-state index in [2.05, 4.69) is 6.92 Å². The second-order valence-electron chi connectivity index (χ2n) is 5.23.